The van der Waals surface area contributed by atoms with E-state index in [1.54, 1.807) is 24.3 Å². The first-order valence-electron chi connectivity index (χ1n) is 8.63. The third-order valence-corrected chi connectivity index (χ3v) is 3.96. The van der Waals surface area contributed by atoms with Crippen LogP contribution in [-0.2, 0) is 16.1 Å². The third-order valence-electron chi connectivity index (χ3n) is 3.96. The molecule has 0 saturated carbocycles. The molecule has 9 heteroatoms. The molecule has 0 bridgehead atoms. The zero-order chi connectivity index (χ0) is 20.8. The van der Waals surface area contributed by atoms with Crippen molar-refractivity contribution < 1.29 is 28.2 Å². The molecule has 0 aliphatic rings. The molecule has 3 rings (SSSR count). The molecule has 1 aromatic heterocycles. The van der Waals surface area contributed by atoms with E-state index < -0.39 is 30.1 Å². The summed E-state index contributed by atoms with van der Waals surface area (Å²) in [5, 5.41) is 15.6. The molecule has 0 spiro atoms. The van der Waals surface area contributed by atoms with Crippen molar-refractivity contribution in [3.8, 4) is 11.3 Å². The Hall–Kier alpha value is -3.59. The van der Waals surface area contributed by atoms with Gasteiger partial charge in [0.15, 0.2) is 18.2 Å². The Morgan fingerprint density at radius 2 is 1.86 bits per heavy atom. The molecule has 2 N–H and O–H groups in total. The van der Waals surface area contributed by atoms with Crippen LogP contribution in [0.15, 0.2) is 54.7 Å². The molecule has 0 saturated heterocycles. The van der Waals surface area contributed by atoms with Gasteiger partial charge in [0.05, 0.1) is 25.0 Å². The van der Waals surface area contributed by atoms with Gasteiger partial charge in [0.1, 0.15) is 5.56 Å². The highest BCUT2D eigenvalue weighted by atomic mass is 19.2. The van der Waals surface area contributed by atoms with Crippen molar-refractivity contribution in [3.05, 3.63) is 71.9 Å². The van der Waals surface area contributed by atoms with E-state index in [1.165, 1.54) is 16.9 Å². The Labute approximate surface area is 164 Å². The van der Waals surface area contributed by atoms with Crippen LogP contribution in [0.3, 0.4) is 0 Å². The van der Waals surface area contributed by atoms with Crippen molar-refractivity contribution in [2.45, 2.75) is 6.54 Å². The number of anilines is 1. The van der Waals surface area contributed by atoms with E-state index in [-0.39, 0.29) is 24.4 Å². The average Bonchev–Trinajstić information content (AvgIpc) is 3.14. The van der Waals surface area contributed by atoms with Crippen LogP contribution in [0.25, 0.3) is 11.3 Å². The number of ether oxygens (including phenoxy) is 1. The summed E-state index contributed by atoms with van der Waals surface area (Å²) in [4.78, 5) is 24.4. The van der Waals surface area contributed by atoms with Gasteiger partial charge in [0, 0.05) is 17.3 Å². The van der Waals surface area contributed by atoms with E-state index in [9.17, 15) is 23.5 Å². The topological polar surface area (TPSA) is 93.5 Å². The summed E-state index contributed by atoms with van der Waals surface area (Å²) in [6, 6.07) is 11.8. The zero-order valence-corrected chi connectivity index (χ0v) is 15.1. The molecule has 3 aromatic rings. The van der Waals surface area contributed by atoms with Gasteiger partial charge < -0.3 is 15.2 Å². The van der Waals surface area contributed by atoms with Crippen LogP contribution < -0.4 is 5.32 Å². The van der Waals surface area contributed by atoms with Crippen LogP contribution in [0.1, 0.15) is 10.4 Å². The minimum Gasteiger partial charge on any atom is -0.452 e. The summed E-state index contributed by atoms with van der Waals surface area (Å²) >= 11 is 0. The Kier molecular flexibility index (Phi) is 6.30. The number of hydrogen-bond donors (Lipinski definition) is 2. The fraction of sp³-hybridized carbons (Fsp3) is 0.150. The summed E-state index contributed by atoms with van der Waals surface area (Å²) in [6.07, 6.45) is 1.30. The minimum atomic E-state index is -1.11. The Bertz CT molecular complexity index is 1020. The monoisotopic (exact) mass is 401 g/mol. The number of nitrogens with zero attached hydrogens (tertiary/aromatic N) is 2. The number of nitrogens with one attached hydrogen (secondary N) is 1. The third kappa shape index (κ3) is 4.82. The lowest BCUT2D eigenvalue weighted by Crippen LogP contribution is -2.21. The van der Waals surface area contributed by atoms with Crippen molar-refractivity contribution >= 4 is 17.6 Å². The molecule has 1 amide bonds. The van der Waals surface area contributed by atoms with Gasteiger partial charge in [-0.1, -0.05) is 30.3 Å². The van der Waals surface area contributed by atoms with Gasteiger partial charge in [-0.3, -0.25) is 9.48 Å². The summed E-state index contributed by atoms with van der Waals surface area (Å²) in [5.74, 6) is -3.65. The average molecular weight is 401 g/mol. The van der Waals surface area contributed by atoms with Crippen molar-refractivity contribution in [3.63, 3.8) is 0 Å². The number of aliphatic hydroxyl groups is 1. The maximum Gasteiger partial charge on any atom is 0.342 e. The normalized spacial score (nSPS) is 10.6. The molecular weight excluding hydrogens is 384 g/mol. The Balaban J connectivity index is 1.70. The highest BCUT2D eigenvalue weighted by molar-refractivity contribution is 5.98. The number of hydrogen-bond acceptors (Lipinski definition) is 5. The zero-order valence-electron chi connectivity index (χ0n) is 15.1. The smallest absolute Gasteiger partial charge is 0.342 e. The molecule has 150 valence electrons. The van der Waals surface area contributed by atoms with Crippen LogP contribution in [0.2, 0.25) is 0 Å². The summed E-state index contributed by atoms with van der Waals surface area (Å²) in [7, 11) is 0. The summed E-state index contributed by atoms with van der Waals surface area (Å²) < 4.78 is 32.6. The molecule has 29 heavy (non-hydrogen) atoms. The summed E-state index contributed by atoms with van der Waals surface area (Å²) in [6.45, 7) is -0.627. The lowest BCUT2D eigenvalue weighted by Gasteiger charge is -2.10. The fourth-order valence-electron chi connectivity index (χ4n) is 2.68. The van der Waals surface area contributed by atoms with Crippen molar-refractivity contribution in [2.75, 3.05) is 18.5 Å². The number of halogens is 2. The van der Waals surface area contributed by atoms with E-state index >= 15 is 0 Å². The van der Waals surface area contributed by atoms with Crippen LogP contribution >= 0.6 is 0 Å². The fourth-order valence-corrected chi connectivity index (χ4v) is 2.68. The van der Waals surface area contributed by atoms with Crippen molar-refractivity contribution in [2.24, 2.45) is 0 Å². The molecule has 0 fully saturated rings. The molecule has 0 radical (unpaired) electrons. The second kappa shape index (κ2) is 9.07. The quantitative estimate of drug-likeness (QED) is 0.594. The molecule has 0 aliphatic heterocycles. The van der Waals surface area contributed by atoms with E-state index in [4.69, 9.17) is 4.74 Å². The standard InChI is InChI=1S/C20H17F2N3O4/c21-16-7-6-14(10-17(16)22)24-18(27)12-29-20(28)15-11-23-25(8-9-26)19(15)13-4-2-1-3-5-13/h1-7,10-11,26H,8-9,12H2,(H,24,27). The van der Waals surface area contributed by atoms with E-state index in [0.29, 0.717) is 11.3 Å². The van der Waals surface area contributed by atoms with Gasteiger partial charge >= 0.3 is 5.97 Å². The lowest BCUT2D eigenvalue weighted by molar-refractivity contribution is -0.119. The highest BCUT2D eigenvalue weighted by Gasteiger charge is 2.21. The number of amides is 1. The predicted octanol–water partition coefficient (Wildman–Crippen LogP) is 2.62. The number of benzene rings is 2. The number of carbonyl (C=O) groups is 2. The molecular formula is C20H17F2N3O4. The molecule has 2 aromatic carbocycles. The number of aromatic nitrogens is 2. The van der Waals surface area contributed by atoms with E-state index in [0.717, 1.165) is 12.1 Å². The van der Waals surface area contributed by atoms with Crippen LogP contribution in [0, 0.1) is 11.6 Å². The molecule has 0 unspecified atom stereocenters. The Morgan fingerprint density at radius 3 is 2.55 bits per heavy atom. The van der Waals surface area contributed by atoms with Gasteiger partial charge in [-0.15, -0.1) is 0 Å². The van der Waals surface area contributed by atoms with Gasteiger partial charge in [0.2, 0.25) is 0 Å². The first-order chi connectivity index (χ1) is 14.0. The second-order valence-corrected chi connectivity index (χ2v) is 5.97. The first-order valence-corrected chi connectivity index (χ1v) is 8.63. The number of aliphatic hydroxyl groups excluding tert-OH is 1. The first kappa shape index (κ1) is 20.2. The van der Waals surface area contributed by atoms with Crippen molar-refractivity contribution in [1.29, 1.82) is 0 Å². The van der Waals surface area contributed by atoms with Crippen molar-refractivity contribution in [1.82, 2.24) is 9.78 Å². The molecule has 1 heterocycles. The van der Waals surface area contributed by atoms with Gasteiger partial charge in [0.25, 0.3) is 5.91 Å². The van der Waals surface area contributed by atoms with Gasteiger partial charge in [-0.05, 0) is 12.1 Å². The Morgan fingerprint density at radius 1 is 1.10 bits per heavy atom. The number of esters is 1. The largest absolute Gasteiger partial charge is 0.452 e. The predicted molar refractivity (Wildman–Crippen MR) is 100 cm³/mol. The maximum absolute atomic E-state index is 13.2. The molecule has 7 nitrogen and oxygen atoms in total. The SMILES string of the molecule is O=C(COC(=O)c1cnn(CCO)c1-c1ccccc1)Nc1ccc(F)c(F)c1. The number of carbonyl (C=O) groups excluding carboxylic acids is 2. The maximum atomic E-state index is 13.2. The molecule has 0 aliphatic carbocycles. The second-order valence-electron chi connectivity index (χ2n) is 5.97. The minimum absolute atomic E-state index is 0.0330. The number of rotatable bonds is 7. The highest BCUT2D eigenvalue weighted by Crippen LogP contribution is 2.24. The van der Waals surface area contributed by atoms with Gasteiger partial charge in [-0.25, -0.2) is 13.6 Å². The van der Waals surface area contributed by atoms with E-state index in [1.807, 2.05) is 6.07 Å². The van der Waals surface area contributed by atoms with E-state index in [2.05, 4.69) is 10.4 Å². The summed E-state index contributed by atoms with van der Waals surface area (Å²) in [5.41, 5.74) is 1.30. The molecule has 0 atom stereocenters. The van der Waals surface area contributed by atoms with Crippen LogP contribution in [0.4, 0.5) is 14.5 Å². The van der Waals surface area contributed by atoms with Crippen LogP contribution in [0.5, 0.6) is 0 Å². The van der Waals surface area contributed by atoms with Gasteiger partial charge in [-0.2, -0.15) is 5.10 Å². The van der Waals surface area contributed by atoms with Crippen LogP contribution in [-0.4, -0.2) is 40.0 Å². The lowest BCUT2D eigenvalue weighted by atomic mass is 10.1.